The average Bonchev–Trinajstić information content (AvgIpc) is 3.45. The first-order chi connectivity index (χ1) is 16.4. The van der Waals surface area contributed by atoms with Crippen molar-refractivity contribution in [1.29, 1.82) is 0 Å². The van der Waals surface area contributed by atoms with Crippen molar-refractivity contribution in [3.8, 4) is 11.5 Å². The smallest absolute Gasteiger partial charge is 0.291 e. The van der Waals surface area contributed by atoms with Crippen molar-refractivity contribution in [3.05, 3.63) is 70.9 Å². The van der Waals surface area contributed by atoms with Crippen LogP contribution >= 0.6 is 0 Å². The maximum atomic E-state index is 12.4. The molecule has 4 rings (SSSR count). The fourth-order valence-corrected chi connectivity index (χ4v) is 3.30. The van der Waals surface area contributed by atoms with E-state index >= 15 is 0 Å². The first-order valence-corrected chi connectivity index (χ1v) is 10.6. The lowest BCUT2D eigenvalue weighted by Gasteiger charge is -2.19. The molecule has 10 heteroatoms. The summed E-state index contributed by atoms with van der Waals surface area (Å²) in [5.74, 6) is 1.66. The molecule has 0 saturated heterocycles. The van der Waals surface area contributed by atoms with Crippen molar-refractivity contribution >= 4 is 17.5 Å². The average molecular weight is 467 g/mol. The van der Waals surface area contributed by atoms with Gasteiger partial charge in [0.15, 0.2) is 5.76 Å². The number of furan rings is 1. The third kappa shape index (κ3) is 5.29. The van der Waals surface area contributed by atoms with Gasteiger partial charge in [0.05, 0.1) is 6.54 Å². The fourth-order valence-electron chi connectivity index (χ4n) is 3.30. The normalized spacial score (nSPS) is 13.3. The molecule has 2 aromatic heterocycles. The molecule has 1 aliphatic heterocycles. The van der Waals surface area contributed by atoms with Crippen LogP contribution in [0.2, 0.25) is 0 Å². The highest BCUT2D eigenvalue weighted by Crippen LogP contribution is 2.24. The van der Waals surface area contributed by atoms with Gasteiger partial charge in [0.1, 0.15) is 42.8 Å². The van der Waals surface area contributed by atoms with Gasteiger partial charge in [0, 0.05) is 18.4 Å². The molecular formula is C24H25N3O7. The van der Waals surface area contributed by atoms with Crippen LogP contribution in [0.4, 0.5) is 5.69 Å². The summed E-state index contributed by atoms with van der Waals surface area (Å²) >= 11 is 0. The zero-order valence-electron chi connectivity index (χ0n) is 19.1. The van der Waals surface area contributed by atoms with E-state index in [-0.39, 0.29) is 29.9 Å². The van der Waals surface area contributed by atoms with Crippen molar-refractivity contribution in [2.24, 2.45) is 0 Å². The second-order valence-electron chi connectivity index (χ2n) is 7.52. The quantitative estimate of drug-likeness (QED) is 0.515. The number of rotatable bonds is 8. The zero-order valence-corrected chi connectivity index (χ0v) is 19.1. The van der Waals surface area contributed by atoms with Crippen molar-refractivity contribution < 1.29 is 32.6 Å². The maximum absolute atomic E-state index is 12.4. The van der Waals surface area contributed by atoms with Gasteiger partial charge in [-0.15, -0.1) is 0 Å². The Bertz CT molecular complexity index is 1210. The summed E-state index contributed by atoms with van der Waals surface area (Å²) in [5.41, 5.74) is 1.91. The number of methoxy groups -OCH3 is 1. The van der Waals surface area contributed by atoms with Crippen LogP contribution in [-0.2, 0) is 32.2 Å². The molecule has 0 atom stereocenters. The molecule has 1 aliphatic rings. The van der Waals surface area contributed by atoms with E-state index in [0.29, 0.717) is 54.4 Å². The Balaban J connectivity index is 1.37. The number of anilines is 1. The lowest BCUT2D eigenvalue weighted by atomic mass is 10.2. The Morgan fingerprint density at radius 1 is 1.00 bits per heavy atom. The number of ether oxygens (including phenoxy) is 3. The number of nitrogens with zero attached hydrogens (tertiary/aromatic N) is 1. The summed E-state index contributed by atoms with van der Waals surface area (Å²) in [4.78, 5) is 29.2. The molecule has 0 saturated carbocycles. The summed E-state index contributed by atoms with van der Waals surface area (Å²) in [6.45, 7) is 4.69. The molecule has 0 bridgehead atoms. The Kier molecular flexibility index (Phi) is 6.98. The SMILES string of the molecule is COCc1ccc(C(=O)Nc2ccc(-c3nc(CNC(=O)C4=C(C)OCCO4)c(C)o3)cc2)o1. The minimum atomic E-state index is -0.368. The molecule has 0 unspecified atom stereocenters. The minimum absolute atomic E-state index is 0.176. The summed E-state index contributed by atoms with van der Waals surface area (Å²) in [6, 6.07) is 10.3. The number of carbonyl (C=O) groups is 2. The first-order valence-electron chi connectivity index (χ1n) is 10.6. The number of nitrogens with one attached hydrogen (secondary N) is 2. The van der Waals surface area contributed by atoms with Gasteiger partial charge in [-0.25, -0.2) is 4.98 Å². The van der Waals surface area contributed by atoms with E-state index in [1.807, 2.05) is 0 Å². The number of hydrogen-bond donors (Lipinski definition) is 2. The molecule has 1 aromatic carbocycles. The van der Waals surface area contributed by atoms with Crippen molar-refractivity contribution in [2.45, 2.75) is 27.0 Å². The molecule has 3 heterocycles. The molecular weight excluding hydrogens is 442 g/mol. The van der Waals surface area contributed by atoms with Gasteiger partial charge in [0.2, 0.25) is 11.6 Å². The number of aryl methyl sites for hydroxylation is 1. The number of carbonyl (C=O) groups excluding carboxylic acids is 2. The van der Waals surface area contributed by atoms with Crippen LogP contribution in [0.15, 0.2) is 56.8 Å². The monoisotopic (exact) mass is 467 g/mol. The van der Waals surface area contributed by atoms with Gasteiger partial charge in [-0.05, 0) is 50.2 Å². The molecule has 0 fully saturated rings. The Labute approximate surface area is 195 Å². The van der Waals surface area contributed by atoms with Gasteiger partial charge in [-0.1, -0.05) is 0 Å². The number of amides is 2. The first kappa shape index (κ1) is 23.1. The number of allylic oxidation sites excluding steroid dienone is 1. The number of hydrogen-bond acceptors (Lipinski definition) is 8. The zero-order chi connectivity index (χ0) is 24.1. The Morgan fingerprint density at radius 3 is 2.50 bits per heavy atom. The standard InChI is InChI=1S/C24H25N3O7/c1-14-19(12-25-23(29)21-15(2)31-10-11-32-21)27-24(33-14)16-4-6-17(7-5-16)26-22(28)20-9-8-18(34-20)13-30-3/h4-9H,10-13H2,1-3H3,(H,25,29)(H,26,28). The van der Waals surface area contributed by atoms with Crippen LogP contribution < -0.4 is 10.6 Å². The Morgan fingerprint density at radius 2 is 1.76 bits per heavy atom. The third-order valence-corrected chi connectivity index (χ3v) is 5.05. The van der Waals surface area contributed by atoms with Crippen molar-refractivity contribution in [3.63, 3.8) is 0 Å². The Hall–Kier alpha value is -4.05. The second-order valence-corrected chi connectivity index (χ2v) is 7.52. The highest BCUT2D eigenvalue weighted by molar-refractivity contribution is 6.02. The van der Waals surface area contributed by atoms with Gasteiger partial charge in [0.25, 0.3) is 11.8 Å². The van der Waals surface area contributed by atoms with Gasteiger partial charge in [-0.3, -0.25) is 9.59 Å². The van der Waals surface area contributed by atoms with E-state index in [1.165, 1.54) is 0 Å². The molecule has 178 valence electrons. The van der Waals surface area contributed by atoms with Gasteiger partial charge >= 0.3 is 0 Å². The molecule has 2 N–H and O–H groups in total. The van der Waals surface area contributed by atoms with Crippen LogP contribution in [0.5, 0.6) is 0 Å². The fraction of sp³-hybridized carbons (Fsp3) is 0.292. The van der Waals surface area contributed by atoms with E-state index in [2.05, 4.69) is 15.6 Å². The lowest BCUT2D eigenvalue weighted by Crippen LogP contribution is -2.29. The van der Waals surface area contributed by atoms with E-state index in [0.717, 1.165) is 5.56 Å². The topological polar surface area (TPSA) is 125 Å². The highest BCUT2D eigenvalue weighted by atomic mass is 16.6. The lowest BCUT2D eigenvalue weighted by molar-refractivity contribution is -0.122. The van der Waals surface area contributed by atoms with Gasteiger partial charge < -0.3 is 33.7 Å². The summed E-state index contributed by atoms with van der Waals surface area (Å²) < 4.78 is 26.9. The molecule has 3 aromatic rings. The predicted octanol–water partition coefficient (Wildman–Crippen LogP) is 3.54. The summed E-state index contributed by atoms with van der Waals surface area (Å²) in [5, 5.41) is 5.55. The van der Waals surface area contributed by atoms with Crippen LogP contribution in [0.3, 0.4) is 0 Å². The third-order valence-electron chi connectivity index (χ3n) is 5.05. The largest absolute Gasteiger partial charge is 0.491 e. The number of benzene rings is 1. The van der Waals surface area contributed by atoms with E-state index in [1.54, 1.807) is 57.4 Å². The van der Waals surface area contributed by atoms with Crippen LogP contribution in [-0.4, -0.2) is 37.1 Å². The summed E-state index contributed by atoms with van der Waals surface area (Å²) in [6.07, 6.45) is 0. The van der Waals surface area contributed by atoms with Crippen molar-refractivity contribution in [2.75, 3.05) is 25.6 Å². The van der Waals surface area contributed by atoms with E-state index in [4.69, 9.17) is 23.0 Å². The predicted molar refractivity (Wildman–Crippen MR) is 121 cm³/mol. The maximum Gasteiger partial charge on any atom is 0.291 e. The van der Waals surface area contributed by atoms with Crippen LogP contribution in [0.1, 0.15) is 34.7 Å². The van der Waals surface area contributed by atoms with Crippen LogP contribution in [0, 0.1) is 6.92 Å². The summed E-state index contributed by atoms with van der Waals surface area (Å²) in [7, 11) is 1.55. The van der Waals surface area contributed by atoms with Crippen LogP contribution in [0.25, 0.3) is 11.5 Å². The second kappa shape index (κ2) is 10.3. The highest BCUT2D eigenvalue weighted by Gasteiger charge is 2.21. The molecule has 10 nitrogen and oxygen atoms in total. The van der Waals surface area contributed by atoms with E-state index in [9.17, 15) is 9.59 Å². The van der Waals surface area contributed by atoms with Crippen molar-refractivity contribution in [1.82, 2.24) is 10.3 Å². The molecule has 34 heavy (non-hydrogen) atoms. The number of oxazole rings is 1. The van der Waals surface area contributed by atoms with Gasteiger partial charge in [-0.2, -0.15) is 0 Å². The minimum Gasteiger partial charge on any atom is -0.491 e. The molecule has 2 amide bonds. The number of aromatic nitrogens is 1. The molecule has 0 spiro atoms. The van der Waals surface area contributed by atoms with E-state index < -0.39 is 0 Å². The molecule has 0 aliphatic carbocycles. The molecule has 0 radical (unpaired) electrons.